The fourth-order valence-corrected chi connectivity index (χ4v) is 5.55. The number of likely N-dealkylation sites (tertiary alicyclic amines) is 1. The van der Waals surface area contributed by atoms with Crippen molar-refractivity contribution in [2.45, 2.75) is 50.9 Å². The third kappa shape index (κ3) is 9.58. The Bertz CT molecular complexity index is 1460. The fourth-order valence-electron chi connectivity index (χ4n) is 5.55. The molecule has 0 atom stereocenters. The van der Waals surface area contributed by atoms with E-state index in [2.05, 4.69) is 15.5 Å². The highest BCUT2D eigenvalue weighted by Crippen LogP contribution is 2.28. The minimum atomic E-state index is -0.451. The summed E-state index contributed by atoms with van der Waals surface area (Å²) in [6, 6.07) is 25.0. The Morgan fingerprint density at radius 1 is 0.848 bits per heavy atom. The zero-order chi connectivity index (χ0) is 32.1. The molecule has 0 saturated carbocycles. The van der Waals surface area contributed by atoms with Gasteiger partial charge in [-0.2, -0.15) is 0 Å². The maximum absolute atomic E-state index is 12.7. The van der Waals surface area contributed by atoms with Gasteiger partial charge in [0.05, 0.1) is 5.69 Å². The van der Waals surface area contributed by atoms with Crippen LogP contribution in [0.5, 0.6) is 0 Å². The van der Waals surface area contributed by atoms with Gasteiger partial charge in [0.2, 0.25) is 11.8 Å². The number of carbonyl (C=O) groups excluding carboxylic acids is 3. The van der Waals surface area contributed by atoms with Gasteiger partial charge in [0.1, 0.15) is 18.6 Å². The van der Waals surface area contributed by atoms with Crippen molar-refractivity contribution in [2.24, 2.45) is 0 Å². The van der Waals surface area contributed by atoms with Gasteiger partial charge in [-0.15, -0.1) is 0 Å². The molecule has 46 heavy (non-hydrogen) atoms. The number of carbonyl (C=O) groups is 3. The molecule has 0 aliphatic carbocycles. The Kier molecular flexibility index (Phi) is 11.7. The number of benzene rings is 3. The van der Waals surface area contributed by atoms with Crippen molar-refractivity contribution >= 4 is 29.3 Å². The van der Waals surface area contributed by atoms with Gasteiger partial charge in [-0.1, -0.05) is 48.5 Å². The van der Waals surface area contributed by atoms with E-state index in [1.165, 1.54) is 12.5 Å². The summed E-state index contributed by atoms with van der Waals surface area (Å²) in [4.78, 5) is 41.7. The largest absolute Gasteiger partial charge is 0.455 e. The number of anilines is 2. The number of nitrogens with zero attached hydrogens (tertiary/aromatic N) is 2. The second kappa shape index (κ2) is 16.5. The molecular weight excluding hydrogens is 584 g/mol. The minimum Gasteiger partial charge on any atom is -0.455 e. The highest BCUT2D eigenvalue weighted by Gasteiger charge is 2.23. The van der Waals surface area contributed by atoms with Gasteiger partial charge in [-0.3, -0.25) is 14.9 Å². The van der Waals surface area contributed by atoms with Crippen molar-refractivity contribution in [3.05, 3.63) is 97.0 Å². The molecule has 3 aromatic rings. The molecule has 0 unspecified atom stereocenters. The molecule has 5 rings (SSSR count). The molecule has 2 N–H and O–H groups in total. The minimum absolute atomic E-state index is 0.0568. The van der Waals surface area contributed by atoms with Crippen molar-refractivity contribution in [3.63, 3.8) is 0 Å². The van der Waals surface area contributed by atoms with Crippen LogP contribution in [0.1, 0.15) is 50.4 Å². The lowest BCUT2D eigenvalue weighted by Gasteiger charge is -2.31. The summed E-state index contributed by atoms with van der Waals surface area (Å²) in [5.74, 6) is 0.0309. The topological polar surface area (TPSA) is 109 Å². The second-order valence-corrected chi connectivity index (χ2v) is 11.6. The second-order valence-electron chi connectivity index (χ2n) is 11.6. The Morgan fingerprint density at radius 2 is 1.54 bits per heavy atom. The van der Waals surface area contributed by atoms with Crippen molar-refractivity contribution in [1.29, 1.82) is 0 Å². The number of para-hydroxylation sites is 1. The molecule has 0 spiro atoms. The molecule has 1 fully saturated rings. The molecule has 0 radical (unpaired) electrons. The zero-order valence-electron chi connectivity index (χ0n) is 26.2. The predicted octanol–water partition coefficient (Wildman–Crippen LogP) is 6.54. The maximum Gasteiger partial charge on any atom is 0.411 e. The van der Waals surface area contributed by atoms with E-state index >= 15 is 0 Å². The Hall–Kier alpha value is -4.83. The molecule has 10 nitrogen and oxygen atoms in total. The lowest BCUT2D eigenvalue weighted by molar-refractivity contribution is -0.130. The number of piperidine rings is 1. The molecule has 0 aromatic heterocycles. The Labute approximate surface area is 270 Å². The third-order valence-corrected chi connectivity index (χ3v) is 8.20. The Balaban J connectivity index is 0.928. The van der Waals surface area contributed by atoms with Crippen LogP contribution in [0.15, 0.2) is 91.4 Å². The lowest BCUT2D eigenvalue weighted by Crippen LogP contribution is -2.40. The standard InChI is InChI=1S/C36H42N4O6/c1-39(21-8-7-13-33(41)37-29-16-14-28(15-17-29)35-44-25-26-45-35)34(42)20-24-40-22-18-30(19-23-40)46-36(43)38-32-12-6-5-11-31(32)27-9-3-2-4-10-27/h2-6,9-12,14-17,25-26,30,35H,7-8,13,18-24H2,1H3,(H,37,41)(H,38,43). The first-order valence-corrected chi connectivity index (χ1v) is 15.9. The van der Waals surface area contributed by atoms with Gasteiger partial charge in [-0.05, 0) is 61.6 Å². The van der Waals surface area contributed by atoms with Crippen LogP contribution in [0.3, 0.4) is 0 Å². The molecule has 2 heterocycles. The lowest BCUT2D eigenvalue weighted by atomic mass is 10.0. The van der Waals surface area contributed by atoms with Gasteiger partial charge >= 0.3 is 6.09 Å². The number of unbranched alkanes of at least 4 members (excludes halogenated alkanes) is 1. The molecule has 2 aliphatic rings. The first kappa shape index (κ1) is 32.6. The van der Waals surface area contributed by atoms with Crippen LogP contribution in [0.2, 0.25) is 0 Å². The van der Waals surface area contributed by atoms with Crippen LogP contribution in [-0.2, 0) is 23.8 Å². The van der Waals surface area contributed by atoms with E-state index in [0.29, 0.717) is 38.0 Å². The molecule has 0 bridgehead atoms. The van der Waals surface area contributed by atoms with Crippen LogP contribution in [0, 0.1) is 0 Å². The highest BCUT2D eigenvalue weighted by atomic mass is 16.7. The van der Waals surface area contributed by atoms with E-state index in [1.54, 1.807) is 4.90 Å². The molecule has 2 aliphatic heterocycles. The van der Waals surface area contributed by atoms with E-state index in [-0.39, 0.29) is 17.9 Å². The zero-order valence-corrected chi connectivity index (χ0v) is 26.2. The number of amides is 3. The summed E-state index contributed by atoms with van der Waals surface area (Å²) in [6.45, 7) is 2.82. The predicted molar refractivity (Wildman–Crippen MR) is 177 cm³/mol. The quantitative estimate of drug-likeness (QED) is 0.207. The van der Waals surface area contributed by atoms with Crippen LogP contribution < -0.4 is 10.6 Å². The van der Waals surface area contributed by atoms with Crippen molar-refractivity contribution in [3.8, 4) is 11.1 Å². The van der Waals surface area contributed by atoms with Crippen LogP contribution >= 0.6 is 0 Å². The summed E-state index contributed by atoms with van der Waals surface area (Å²) in [6.07, 6.45) is 5.67. The fraction of sp³-hybridized carbons (Fsp3) is 0.361. The van der Waals surface area contributed by atoms with Crippen molar-refractivity contribution in [1.82, 2.24) is 9.80 Å². The van der Waals surface area contributed by atoms with E-state index in [4.69, 9.17) is 14.2 Å². The highest BCUT2D eigenvalue weighted by molar-refractivity contribution is 5.92. The van der Waals surface area contributed by atoms with E-state index < -0.39 is 12.4 Å². The SMILES string of the molecule is CN(CCCCC(=O)Nc1ccc(C2OC=CO2)cc1)C(=O)CCN1CCC(OC(=O)Nc2ccccc2-c2ccccc2)CC1. The maximum atomic E-state index is 12.7. The number of hydrogen-bond acceptors (Lipinski definition) is 7. The van der Waals surface area contributed by atoms with Gasteiger partial charge < -0.3 is 29.3 Å². The van der Waals surface area contributed by atoms with Crippen molar-refractivity contribution < 1.29 is 28.6 Å². The normalized spacial score (nSPS) is 15.1. The number of hydrogen-bond donors (Lipinski definition) is 2. The summed E-state index contributed by atoms with van der Waals surface area (Å²) in [7, 11) is 1.81. The smallest absolute Gasteiger partial charge is 0.411 e. The van der Waals surface area contributed by atoms with Gasteiger partial charge in [-0.25, -0.2) is 4.79 Å². The molecule has 3 aromatic carbocycles. The van der Waals surface area contributed by atoms with Gasteiger partial charge in [0.15, 0.2) is 0 Å². The third-order valence-electron chi connectivity index (χ3n) is 8.20. The van der Waals surface area contributed by atoms with Crippen LogP contribution in [-0.4, -0.2) is 67.0 Å². The summed E-state index contributed by atoms with van der Waals surface area (Å²) in [5.41, 5.74) is 4.27. The molecule has 242 valence electrons. The average Bonchev–Trinajstić information content (AvgIpc) is 3.62. The van der Waals surface area contributed by atoms with Gasteiger partial charge in [0, 0.05) is 62.9 Å². The van der Waals surface area contributed by atoms with Gasteiger partial charge in [0.25, 0.3) is 6.29 Å². The molecule has 10 heteroatoms. The Morgan fingerprint density at radius 3 is 2.28 bits per heavy atom. The molecular formula is C36H42N4O6. The van der Waals surface area contributed by atoms with Crippen LogP contribution in [0.25, 0.3) is 11.1 Å². The van der Waals surface area contributed by atoms with E-state index in [0.717, 1.165) is 54.7 Å². The van der Waals surface area contributed by atoms with Crippen LogP contribution in [0.4, 0.5) is 16.2 Å². The number of nitrogens with one attached hydrogen (secondary N) is 2. The summed E-state index contributed by atoms with van der Waals surface area (Å²) in [5, 5.41) is 5.82. The molecule has 1 saturated heterocycles. The summed E-state index contributed by atoms with van der Waals surface area (Å²) >= 11 is 0. The first-order valence-electron chi connectivity index (χ1n) is 15.9. The van der Waals surface area contributed by atoms with E-state index in [1.807, 2.05) is 85.9 Å². The molecule has 3 amide bonds. The first-order chi connectivity index (χ1) is 22.4. The monoisotopic (exact) mass is 626 g/mol. The summed E-state index contributed by atoms with van der Waals surface area (Å²) < 4.78 is 16.4. The average molecular weight is 627 g/mol. The number of ether oxygens (including phenoxy) is 3. The van der Waals surface area contributed by atoms with E-state index in [9.17, 15) is 14.4 Å². The number of rotatable bonds is 13. The van der Waals surface area contributed by atoms with Crippen molar-refractivity contribution in [2.75, 3.05) is 43.9 Å².